The zero-order valence-electron chi connectivity index (χ0n) is 9.17. The number of hydrogen-bond acceptors (Lipinski definition) is 3. The Morgan fingerprint density at radius 1 is 1.43 bits per heavy atom. The van der Waals surface area contributed by atoms with Crippen LogP contribution in [0.1, 0.15) is 19.8 Å². The van der Waals surface area contributed by atoms with E-state index in [1.165, 1.54) is 32.5 Å². The van der Waals surface area contributed by atoms with Crippen LogP contribution in [0.3, 0.4) is 0 Å². The fraction of sp³-hybridized carbons (Fsp3) is 1.00. The van der Waals surface area contributed by atoms with Gasteiger partial charge < -0.3 is 10.1 Å². The van der Waals surface area contributed by atoms with Crippen LogP contribution in [0.15, 0.2) is 0 Å². The maximum Gasteiger partial charge on any atom is 0.0622 e. The number of hydrogen-bond donors (Lipinski definition) is 1. The van der Waals surface area contributed by atoms with E-state index in [1.807, 2.05) is 0 Å². The Morgan fingerprint density at radius 3 is 3.07 bits per heavy atom. The van der Waals surface area contributed by atoms with Gasteiger partial charge in [-0.2, -0.15) is 0 Å². The molecular weight excluding hydrogens is 176 g/mol. The van der Waals surface area contributed by atoms with E-state index in [4.69, 9.17) is 4.74 Å². The molecule has 2 aliphatic heterocycles. The minimum absolute atomic E-state index is 0.724. The van der Waals surface area contributed by atoms with E-state index in [2.05, 4.69) is 17.1 Å². The van der Waals surface area contributed by atoms with Crippen molar-refractivity contribution in [3.05, 3.63) is 0 Å². The predicted molar refractivity (Wildman–Crippen MR) is 57.4 cm³/mol. The SMILES string of the molecule is CCNCC1CCN(C2CCOC2)C1. The van der Waals surface area contributed by atoms with Gasteiger partial charge in [0.15, 0.2) is 0 Å². The molecule has 2 heterocycles. The van der Waals surface area contributed by atoms with Crippen LogP contribution in [0.2, 0.25) is 0 Å². The van der Waals surface area contributed by atoms with Crippen LogP contribution in [-0.2, 0) is 4.74 Å². The van der Waals surface area contributed by atoms with E-state index in [0.717, 1.165) is 31.7 Å². The molecule has 1 N–H and O–H groups in total. The van der Waals surface area contributed by atoms with Crippen molar-refractivity contribution in [3.8, 4) is 0 Å². The van der Waals surface area contributed by atoms with Crippen LogP contribution in [-0.4, -0.2) is 50.3 Å². The molecule has 0 saturated carbocycles. The van der Waals surface area contributed by atoms with Gasteiger partial charge in [0, 0.05) is 19.2 Å². The monoisotopic (exact) mass is 198 g/mol. The zero-order valence-corrected chi connectivity index (χ0v) is 9.17. The van der Waals surface area contributed by atoms with Crippen LogP contribution >= 0.6 is 0 Å². The van der Waals surface area contributed by atoms with Gasteiger partial charge in [0.1, 0.15) is 0 Å². The number of ether oxygens (including phenoxy) is 1. The first kappa shape index (κ1) is 10.4. The topological polar surface area (TPSA) is 24.5 Å². The molecule has 2 saturated heterocycles. The summed E-state index contributed by atoms with van der Waals surface area (Å²) in [6, 6.07) is 0.724. The van der Waals surface area contributed by atoms with Crippen LogP contribution in [0.25, 0.3) is 0 Å². The second-order valence-corrected chi connectivity index (χ2v) is 4.47. The fourth-order valence-corrected chi connectivity index (χ4v) is 2.52. The summed E-state index contributed by atoms with van der Waals surface area (Å²) in [5.74, 6) is 0.871. The Balaban J connectivity index is 1.71. The summed E-state index contributed by atoms with van der Waals surface area (Å²) in [4.78, 5) is 2.62. The Morgan fingerprint density at radius 2 is 2.36 bits per heavy atom. The van der Waals surface area contributed by atoms with Crippen molar-refractivity contribution in [1.29, 1.82) is 0 Å². The lowest BCUT2D eigenvalue weighted by Crippen LogP contribution is -2.34. The van der Waals surface area contributed by atoms with Gasteiger partial charge in [-0.05, 0) is 38.4 Å². The van der Waals surface area contributed by atoms with Gasteiger partial charge in [0.05, 0.1) is 6.61 Å². The first-order valence-corrected chi connectivity index (χ1v) is 5.92. The Hall–Kier alpha value is -0.120. The summed E-state index contributed by atoms with van der Waals surface area (Å²) in [6.45, 7) is 8.97. The normalized spacial score (nSPS) is 34.1. The molecule has 3 nitrogen and oxygen atoms in total. The van der Waals surface area contributed by atoms with Crippen molar-refractivity contribution in [2.24, 2.45) is 5.92 Å². The highest BCUT2D eigenvalue weighted by molar-refractivity contribution is 4.84. The second-order valence-electron chi connectivity index (χ2n) is 4.47. The van der Waals surface area contributed by atoms with E-state index in [1.54, 1.807) is 0 Å². The summed E-state index contributed by atoms with van der Waals surface area (Å²) in [7, 11) is 0. The van der Waals surface area contributed by atoms with Crippen molar-refractivity contribution < 1.29 is 4.74 Å². The molecule has 2 unspecified atom stereocenters. The molecule has 0 radical (unpaired) electrons. The van der Waals surface area contributed by atoms with E-state index < -0.39 is 0 Å². The maximum atomic E-state index is 5.43. The van der Waals surface area contributed by atoms with Crippen molar-refractivity contribution in [2.45, 2.75) is 25.8 Å². The van der Waals surface area contributed by atoms with Crippen LogP contribution < -0.4 is 5.32 Å². The van der Waals surface area contributed by atoms with Crippen LogP contribution in [0.5, 0.6) is 0 Å². The van der Waals surface area contributed by atoms with E-state index >= 15 is 0 Å². The summed E-state index contributed by atoms with van der Waals surface area (Å²) in [5.41, 5.74) is 0. The molecule has 0 aliphatic carbocycles. The smallest absolute Gasteiger partial charge is 0.0622 e. The zero-order chi connectivity index (χ0) is 9.80. The Kier molecular flexibility index (Phi) is 3.79. The number of rotatable bonds is 4. The molecule has 3 heteroatoms. The van der Waals surface area contributed by atoms with Crippen LogP contribution in [0, 0.1) is 5.92 Å². The molecule has 14 heavy (non-hydrogen) atoms. The van der Waals surface area contributed by atoms with Gasteiger partial charge in [-0.25, -0.2) is 0 Å². The van der Waals surface area contributed by atoms with E-state index in [0.29, 0.717) is 0 Å². The summed E-state index contributed by atoms with van der Waals surface area (Å²) in [5, 5.41) is 3.44. The van der Waals surface area contributed by atoms with Crippen molar-refractivity contribution in [1.82, 2.24) is 10.2 Å². The molecular formula is C11H22N2O. The minimum Gasteiger partial charge on any atom is -0.380 e. The van der Waals surface area contributed by atoms with Gasteiger partial charge in [0.2, 0.25) is 0 Å². The molecule has 2 aliphatic rings. The standard InChI is InChI=1S/C11H22N2O/c1-2-12-7-10-3-5-13(8-10)11-4-6-14-9-11/h10-12H,2-9H2,1H3. The third-order valence-corrected chi connectivity index (χ3v) is 3.42. The average Bonchev–Trinajstić information content (AvgIpc) is 2.85. The number of likely N-dealkylation sites (tertiary alicyclic amines) is 1. The van der Waals surface area contributed by atoms with Gasteiger partial charge >= 0.3 is 0 Å². The number of nitrogens with zero attached hydrogens (tertiary/aromatic N) is 1. The molecule has 82 valence electrons. The van der Waals surface area contributed by atoms with Crippen molar-refractivity contribution >= 4 is 0 Å². The maximum absolute atomic E-state index is 5.43. The lowest BCUT2D eigenvalue weighted by molar-refractivity contribution is 0.156. The molecule has 2 rings (SSSR count). The average molecular weight is 198 g/mol. The van der Waals surface area contributed by atoms with E-state index in [-0.39, 0.29) is 0 Å². The number of nitrogens with one attached hydrogen (secondary N) is 1. The lowest BCUT2D eigenvalue weighted by Gasteiger charge is -2.22. The molecule has 0 bridgehead atoms. The summed E-state index contributed by atoms with van der Waals surface area (Å²) >= 11 is 0. The van der Waals surface area contributed by atoms with Gasteiger partial charge in [-0.1, -0.05) is 6.92 Å². The highest BCUT2D eigenvalue weighted by atomic mass is 16.5. The molecule has 0 spiro atoms. The largest absolute Gasteiger partial charge is 0.380 e. The summed E-state index contributed by atoms with van der Waals surface area (Å²) < 4.78 is 5.43. The predicted octanol–water partition coefficient (Wildman–Crippen LogP) is 0.707. The molecule has 2 atom stereocenters. The molecule has 0 aromatic rings. The third kappa shape index (κ3) is 2.47. The first-order chi connectivity index (χ1) is 6.90. The second kappa shape index (κ2) is 5.10. The Labute approximate surface area is 86.8 Å². The van der Waals surface area contributed by atoms with Crippen LogP contribution in [0.4, 0.5) is 0 Å². The van der Waals surface area contributed by atoms with Gasteiger partial charge in [-0.15, -0.1) is 0 Å². The van der Waals surface area contributed by atoms with Crippen molar-refractivity contribution in [2.75, 3.05) is 39.4 Å². The molecule has 0 aromatic heterocycles. The molecule has 0 amide bonds. The first-order valence-electron chi connectivity index (χ1n) is 5.92. The van der Waals surface area contributed by atoms with Gasteiger partial charge in [0.25, 0.3) is 0 Å². The van der Waals surface area contributed by atoms with E-state index in [9.17, 15) is 0 Å². The minimum atomic E-state index is 0.724. The summed E-state index contributed by atoms with van der Waals surface area (Å²) in [6.07, 6.45) is 2.61. The highest BCUT2D eigenvalue weighted by Gasteiger charge is 2.29. The lowest BCUT2D eigenvalue weighted by atomic mass is 10.1. The molecule has 2 fully saturated rings. The Bertz CT molecular complexity index is 169. The van der Waals surface area contributed by atoms with Gasteiger partial charge in [-0.3, -0.25) is 4.90 Å². The van der Waals surface area contributed by atoms with Crippen molar-refractivity contribution in [3.63, 3.8) is 0 Å². The third-order valence-electron chi connectivity index (χ3n) is 3.42. The molecule has 0 aromatic carbocycles. The quantitative estimate of drug-likeness (QED) is 0.720. The highest BCUT2D eigenvalue weighted by Crippen LogP contribution is 2.22. The fourth-order valence-electron chi connectivity index (χ4n) is 2.52.